The zero-order valence-corrected chi connectivity index (χ0v) is 18.6. The Morgan fingerprint density at radius 2 is 1.58 bits per heavy atom. The van der Waals surface area contributed by atoms with Crippen LogP contribution in [0.5, 0.6) is 5.88 Å². The summed E-state index contributed by atoms with van der Waals surface area (Å²) >= 11 is 3.58. The number of methoxy groups -OCH3 is 1. The largest absolute Gasteiger partial charge is 0.481 e. The maximum atomic E-state index is 5.75. The second-order valence-corrected chi connectivity index (χ2v) is 8.35. The summed E-state index contributed by atoms with van der Waals surface area (Å²) in [5.41, 5.74) is 4.11. The Morgan fingerprint density at radius 3 is 2.42 bits per heavy atom. The molecule has 1 unspecified atom stereocenters. The third kappa shape index (κ3) is 3.87. The van der Waals surface area contributed by atoms with E-state index in [1.807, 2.05) is 18.2 Å². The summed E-state index contributed by atoms with van der Waals surface area (Å²) in [5, 5.41) is 7.22. The number of fused-ring (bicyclic) bond motifs is 2. The van der Waals surface area contributed by atoms with Crippen LogP contribution in [0.1, 0.15) is 17.2 Å². The molecule has 0 amide bonds. The molecule has 1 aromatic heterocycles. The van der Waals surface area contributed by atoms with Gasteiger partial charge in [-0.15, -0.1) is 0 Å². The van der Waals surface area contributed by atoms with Crippen LogP contribution < -0.4 is 10.1 Å². The molecule has 4 aromatic carbocycles. The molecule has 152 valence electrons. The average Bonchev–Trinajstić information content (AvgIpc) is 2.82. The number of benzene rings is 4. The molecular weight excluding hydrogens is 448 g/mol. The third-order valence-corrected chi connectivity index (χ3v) is 5.99. The van der Waals surface area contributed by atoms with E-state index in [1.54, 1.807) is 7.11 Å². The van der Waals surface area contributed by atoms with Crippen molar-refractivity contribution in [1.29, 1.82) is 0 Å². The van der Waals surface area contributed by atoms with Crippen LogP contribution in [0.2, 0.25) is 0 Å². The predicted molar refractivity (Wildman–Crippen MR) is 132 cm³/mol. The number of aromatic nitrogens is 1. The van der Waals surface area contributed by atoms with Gasteiger partial charge in [0.2, 0.25) is 5.88 Å². The highest BCUT2D eigenvalue weighted by Crippen LogP contribution is 2.36. The normalized spacial score (nSPS) is 12.1. The van der Waals surface area contributed by atoms with Gasteiger partial charge in [0.25, 0.3) is 0 Å². The molecule has 1 atom stereocenters. The number of hydrogen-bond acceptors (Lipinski definition) is 3. The van der Waals surface area contributed by atoms with Gasteiger partial charge in [-0.3, -0.25) is 0 Å². The van der Waals surface area contributed by atoms with E-state index in [1.165, 1.54) is 10.8 Å². The van der Waals surface area contributed by atoms with Crippen molar-refractivity contribution in [2.45, 2.75) is 6.04 Å². The molecule has 5 rings (SSSR count). The van der Waals surface area contributed by atoms with Crippen molar-refractivity contribution in [2.24, 2.45) is 0 Å². The summed E-state index contributed by atoms with van der Waals surface area (Å²) in [5.74, 6) is 0.622. The van der Waals surface area contributed by atoms with Gasteiger partial charge in [0.05, 0.1) is 18.7 Å². The topological polar surface area (TPSA) is 34.1 Å². The molecule has 4 heteroatoms. The summed E-state index contributed by atoms with van der Waals surface area (Å²) in [6.45, 7) is 0. The minimum absolute atomic E-state index is 0.127. The quantitative estimate of drug-likeness (QED) is 0.292. The highest BCUT2D eigenvalue weighted by atomic mass is 79.9. The van der Waals surface area contributed by atoms with Crippen LogP contribution in [0.25, 0.3) is 21.7 Å². The second kappa shape index (κ2) is 8.40. The molecule has 31 heavy (non-hydrogen) atoms. The molecule has 1 heterocycles. The van der Waals surface area contributed by atoms with Gasteiger partial charge in [-0.1, -0.05) is 82.7 Å². The van der Waals surface area contributed by atoms with Crippen LogP contribution in [-0.4, -0.2) is 12.1 Å². The highest BCUT2D eigenvalue weighted by molar-refractivity contribution is 9.10. The minimum Gasteiger partial charge on any atom is -0.481 e. The van der Waals surface area contributed by atoms with E-state index in [0.29, 0.717) is 5.88 Å². The first-order chi connectivity index (χ1) is 15.2. The molecule has 0 bridgehead atoms. The number of nitrogens with one attached hydrogen (secondary N) is 1. The van der Waals surface area contributed by atoms with Gasteiger partial charge < -0.3 is 10.1 Å². The number of hydrogen-bond donors (Lipinski definition) is 1. The smallest absolute Gasteiger partial charge is 0.219 e. The zero-order valence-electron chi connectivity index (χ0n) is 17.0. The lowest BCUT2D eigenvalue weighted by Crippen LogP contribution is -2.14. The van der Waals surface area contributed by atoms with Gasteiger partial charge in [-0.05, 0) is 41.3 Å². The molecule has 0 aliphatic rings. The molecule has 5 aromatic rings. The standard InChI is InChI=1S/C27H21BrN2O/c1-31-27-23(17-20-16-21(28)14-15-24(20)30-27)26(19-9-3-2-4-10-19)29-25-13-7-11-18-8-5-6-12-22(18)25/h2-17,26,29H,1H3. The van der Waals surface area contributed by atoms with Crippen LogP contribution in [0.4, 0.5) is 5.69 Å². The fourth-order valence-electron chi connectivity index (χ4n) is 4.01. The van der Waals surface area contributed by atoms with Gasteiger partial charge in [-0.2, -0.15) is 0 Å². The lowest BCUT2D eigenvalue weighted by Gasteiger charge is -2.24. The van der Waals surface area contributed by atoms with Crippen LogP contribution in [-0.2, 0) is 0 Å². The molecule has 0 spiro atoms. The van der Waals surface area contributed by atoms with E-state index < -0.39 is 0 Å². The van der Waals surface area contributed by atoms with Crippen LogP contribution in [0, 0.1) is 0 Å². The second-order valence-electron chi connectivity index (χ2n) is 7.44. The Hall–Kier alpha value is -3.37. The van der Waals surface area contributed by atoms with E-state index in [9.17, 15) is 0 Å². The molecule has 0 radical (unpaired) electrons. The maximum Gasteiger partial charge on any atom is 0.219 e. The predicted octanol–water partition coefficient (Wildman–Crippen LogP) is 7.36. The Bertz CT molecular complexity index is 1360. The molecule has 0 aliphatic heterocycles. The van der Waals surface area contributed by atoms with Crippen molar-refractivity contribution in [3.63, 3.8) is 0 Å². The van der Waals surface area contributed by atoms with Crippen LogP contribution in [0.15, 0.2) is 102 Å². The monoisotopic (exact) mass is 468 g/mol. The zero-order chi connectivity index (χ0) is 21.2. The first-order valence-corrected chi connectivity index (χ1v) is 11.0. The number of pyridine rings is 1. The van der Waals surface area contributed by atoms with E-state index in [2.05, 4.69) is 100 Å². The van der Waals surface area contributed by atoms with Crippen LogP contribution >= 0.6 is 15.9 Å². The van der Waals surface area contributed by atoms with Gasteiger partial charge in [0, 0.05) is 26.5 Å². The molecule has 0 saturated carbocycles. The van der Waals surface area contributed by atoms with E-state index in [-0.39, 0.29) is 6.04 Å². The lowest BCUT2D eigenvalue weighted by molar-refractivity contribution is 0.393. The van der Waals surface area contributed by atoms with E-state index in [0.717, 1.165) is 32.2 Å². The summed E-state index contributed by atoms with van der Waals surface area (Å²) in [6, 6.07) is 33.3. The first-order valence-electron chi connectivity index (χ1n) is 10.2. The highest BCUT2D eigenvalue weighted by Gasteiger charge is 2.21. The number of ether oxygens (including phenoxy) is 1. The minimum atomic E-state index is -0.127. The molecule has 1 N–H and O–H groups in total. The Kier molecular flexibility index (Phi) is 5.31. The number of nitrogens with zero attached hydrogens (tertiary/aromatic N) is 1. The van der Waals surface area contributed by atoms with Gasteiger partial charge in [0.15, 0.2) is 0 Å². The molecule has 0 saturated heterocycles. The third-order valence-electron chi connectivity index (χ3n) is 5.50. The van der Waals surface area contributed by atoms with Crippen molar-refractivity contribution >= 4 is 43.3 Å². The van der Waals surface area contributed by atoms with Crippen molar-refractivity contribution in [3.8, 4) is 5.88 Å². The van der Waals surface area contributed by atoms with Crippen molar-refractivity contribution in [3.05, 3.63) is 113 Å². The fraction of sp³-hybridized carbons (Fsp3) is 0.0741. The Morgan fingerprint density at radius 1 is 0.806 bits per heavy atom. The Balaban J connectivity index is 1.70. The number of rotatable bonds is 5. The molecule has 0 fully saturated rings. The van der Waals surface area contributed by atoms with Crippen LogP contribution in [0.3, 0.4) is 0 Å². The first kappa shape index (κ1) is 19.6. The average molecular weight is 469 g/mol. The van der Waals surface area contributed by atoms with Crippen molar-refractivity contribution < 1.29 is 4.74 Å². The maximum absolute atomic E-state index is 5.75. The van der Waals surface area contributed by atoms with Gasteiger partial charge in [-0.25, -0.2) is 4.98 Å². The lowest BCUT2D eigenvalue weighted by atomic mass is 9.97. The van der Waals surface area contributed by atoms with Crippen molar-refractivity contribution in [2.75, 3.05) is 12.4 Å². The SMILES string of the molecule is COc1nc2ccc(Br)cc2cc1C(Nc1cccc2ccccc12)c1ccccc1. The van der Waals surface area contributed by atoms with Gasteiger partial charge in [0.1, 0.15) is 0 Å². The fourth-order valence-corrected chi connectivity index (χ4v) is 4.39. The van der Waals surface area contributed by atoms with E-state index in [4.69, 9.17) is 9.72 Å². The summed E-state index contributed by atoms with van der Waals surface area (Å²) in [6.07, 6.45) is 0. The Labute approximate surface area is 189 Å². The summed E-state index contributed by atoms with van der Waals surface area (Å²) in [7, 11) is 1.68. The number of anilines is 1. The van der Waals surface area contributed by atoms with Gasteiger partial charge >= 0.3 is 0 Å². The van der Waals surface area contributed by atoms with Crippen molar-refractivity contribution in [1.82, 2.24) is 4.98 Å². The molecule has 3 nitrogen and oxygen atoms in total. The molecular formula is C27H21BrN2O. The number of halogens is 1. The molecule has 0 aliphatic carbocycles. The van der Waals surface area contributed by atoms with E-state index >= 15 is 0 Å². The summed E-state index contributed by atoms with van der Waals surface area (Å²) in [4.78, 5) is 4.80. The summed E-state index contributed by atoms with van der Waals surface area (Å²) < 4.78 is 6.77.